The highest BCUT2D eigenvalue weighted by Crippen LogP contribution is 2.30. The molecule has 7 nitrogen and oxygen atoms in total. The summed E-state index contributed by atoms with van der Waals surface area (Å²) < 4.78 is 7.55. The number of aryl methyl sites for hydroxylation is 1. The first-order chi connectivity index (χ1) is 15.7. The van der Waals surface area contributed by atoms with Crippen molar-refractivity contribution >= 4 is 53.1 Å². The van der Waals surface area contributed by atoms with Gasteiger partial charge in [0.2, 0.25) is 0 Å². The molecule has 3 aromatic rings. The van der Waals surface area contributed by atoms with E-state index in [4.69, 9.17) is 4.74 Å². The second-order valence-electron chi connectivity index (χ2n) is 8.66. The Labute approximate surface area is 212 Å². The molecule has 178 valence electrons. The topological polar surface area (TPSA) is 63.5 Å². The number of fused-ring (bicyclic) bond motifs is 1. The lowest BCUT2D eigenvalue weighted by atomic mass is 10.1. The summed E-state index contributed by atoms with van der Waals surface area (Å²) in [4.78, 5) is 25.6. The molecule has 0 spiro atoms. The van der Waals surface area contributed by atoms with Crippen molar-refractivity contribution in [2.45, 2.75) is 47.1 Å². The normalized spacial score (nSPS) is 14.2. The van der Waals surface area contributed by atoms with E-state index in [1.54, 1.807) is 14.0 Å². The summed E-state index contributed by atoms with van der Waals surface area (Å²) in [5.74, 6) is 0. The number of nitrogens with zero attached hydrogens (tertiary/aromatic N) is 5. The minimum atomic E-state index is -0.470. The molecule has 1 fully saturated rings. The van der Waals surface area contributed by atoms with Crippen LogP contribution < -0.4 is 4.90 Å². The summed E-state index contributed by atoms with van der Waals surface area (Å²) in [6.07, 6.45) is 5.65. The van der Waals surface area contributed by atoms with Crippen molar-refractivity contribution in [1.29, 1.82) is 0 Å². The highest BCUT2D eigenvalue weighted by atomic mass is 127. The summed E-state index contributed by atoms with van der Waals surface area (Å²) in [5, 5.41) is 1.14. The number of amides is 1. The zero-order chi connectivity index (χ0) is 24.2. The van der Waals surface area contributed by atoms with Crippen LogP contribution in [0.15, 0.2) is 36.8 Å². The molecular formula is C24H32IN5O2S. The molecule has 4 heterocycles. The lowest BCUT2D eigenvalue weighted by Crippen LogP contribution is -2.50. The molecule has 0 saturated carbocycles. The van der Waals surface area contributed by atoms with Gasteiger partial charge in [-0.25, -0.2) is 9.78 Å². The van der Waals surface area contributed by atoms with Crippen LogP contribution in [0.1, 0.15) is 40.2 Å². The molecule has 33 heavy (non-hydrogen) atoms. The largest absolute Gasteiger partial charge is 0.444 e. The van der Waals surface area contributed by atoms with Crippen molar-refractivity contribution < 1.29 is 9.53 Å². The van der Waals surface area contributed by atoms with Gasteiger partial charge in [0.1, 0.15) is 5.60 Å². The van der Waals surface area contributed by atoms with Crippen LogP contribution in [-0.4, -0.2) is 56.7 Å². The SMILES string of the molecule is CC.Cc1cn(SI)c2ncc(-c3ccc(N4CCN(C(=O)OC(C)(C)C)CC4)cn3)cc12. The van der Waals surface area contributed by atoms with Gasteiger partial charge in [-0.2, -0.15) is 0 Å². The molecule has 0 N–H and O–H groups in total. The van der Waals surface area contributed by atoms with E-state index in [2.05, 4.69) is 65.3 Å². The lowest BCUT2D eigenvalue weighted by Gasteiger charge is -2.36. The molecule has 0 aromatic carbocycles. The van der Waals surface area contributed by atoms with E-state index in [0.29, 0.717) is 13.1 Å². The molecule has 9 heteroatoms. The predicted octanol–water partition coefficient (Wildman–Crippen LogP) is 6.34. The van der Waals surface area contributed by atoms with E-state index in [1.165, 1.54) is 5.56 Å². The highest BCUT2D eigenvalue weighted by molar-refractivity contribution is 14.2. The molecule has 0 atom stereocenters. The van der Waals surface area contributed by atoms with Gasteiger partial charge in [-0.1, -0.05) is 13.8 Å². The van der Waals surface area contributed by atoms with E-state index in [-0.39, 0.29) is 6.09 Å². The number of halogens is 1. The Bertz CT molecular complexity index is 1090. The van der Waals surface area contributed by atoms with Gasteiger partial charge in [0, 0.05) is 79.8 Å². The van der Waals surface area contributed by atoms with Crippen LogP contribution in [0.3, 0.4) is 0 Å². The number of hydrogen-bond acceptors (Lipinski definition) is 6. The summed E-state index contributed by atoms with van der Waals surface area (Å²) in [7, 11) is 1.61. The monoisotopic (exact) mass is 581 g/mol. The molecule has 1 saturated heterocycles. The third kappa shape index (κ3) is 6.11. The fraction of sp³-hybridized carbons (Fsp3) is 0.458. The van der Waals surface area contributed by atoms with Crippen molar-refractivity contribution in [2.24, 2.45) is 0 Å². The molecule has 1 amide bonds. The fourth-order valence-corrected chi connectivity index (χ4v) is 4.95. The maximum atomic E-state index is 12.3. The van der Waals surface area contributed by atoms with E-state index >= 15 is 0 Å². The first-order valence-electron chi connectivity index (χ1n) is 11.2. The smallest absolute Gasteiger partial charge is 0.410 e. The van der Waals surface area contributed by atoms with E-state index in [0.717, 1.165) is 41.1 Å². The van der Waals surface area contributed by atoms with Crippen molar-refractivity contribution in [3.8, 4) is 11.3 Å². The molecule has 1 aliphatic heterocycles. The van der Waals surface area contributed by atoms with Crippen molar-refractivity contribution in [3.05, 3.63) is 42.4 Å². The molecule has 3 aromatic heterocycles. The van der Waals surface area contributed by atoms with E-state index < -0.39 is 5.60 Å². The van der Waals surface area contributed by atoms with Crippen LogP contribution >= 0.6 is 30.3 Å². The number of hydrogen-bond donors (Lipinski definition) is 0. The quantitative estimate of drug-likeness (QED) is 0.337. The lowest BCUT2D eigenvalue weighted by molar-refractivity contribution is 0.0240. The van der Waals surface area contributed by atoms with Crippen LogP contribution in [-0.2, 0) is 4.74 Å². The number of carbonyl (C=O) groups is 1. The molecule has 0 aliphatic carbocycles. The second-order valence-corrected chi connectivity index (χ2v) is 10.4. The number of aromatic nitrogens is 3. The average Bonchev–Trinajstić information content (AvgIpc) is 3.14. The van der Waals surface area contributed by atoms with Crippen LogP contribution in [0, 0.1) is 6.92 Å². The fourth-order valence-electron chi connectivity index (χ4n) is 3.64. The predicted molar refractivity (Wildman–Crippen MR) is 146 cm³/mol. The van der Waals surface area contributed by atoms with Gasteiger partial charge >= 0.3 is 6.09 Å². The van der Waals surface area contributed by atoms with Crippen molar-refractivity contribution in [1.82, 2.24) is 18.8 Å². The number of ether oxygens (including phenoxy) is 1. The van der Waals surface area contributed by atoms with Crippen LogP contribution in [0.4, 0.5) is 10.5 Å². The summed E-state index contributed by atoms with van der Waals surface area (Å²) >= 11 is 2.26. The third-order valence-corrected chi connectivity index (χ3v) is 6.93. The molecule has 0 radical (unpaired) electrons. The summed E-state index contributed by atoms with van der Waals surface area (Å²) in [6.45, 7) is 14.6. The maximum Gasteiger partial charge on any atom is 0.410 e. The van der Waals surface area contributed by atoms with Gasteiger partial charge in [0.25, 0.3) is 0 Å². The third-order valence-electron chi connectivity index (χ3n) is 5.23. The van der Waals surface area contributed by atoms with Gasteiger partial charge in [-0.15, -0.1) is 0 Å². The van der Waals surface area contributed by atoms with Crippen LogP contribution in [0.25, 0.3) is 22.3 Å². The van der Waals surface area contributed by atoms with Crippen LogP contribution in [0.2, 0.25) is 0 Å². The molecule has 1 aliphatic rings. The highest BCUT2D eigenvalue weighted by Gasteiger charge is 2.26. The maximum absolute atomic E-state index is 12.3. The molecular weight excluding hydrogens is 549 g/mol. The van der Waals surface area contributed by atoms with E-state index in [9.17, 15) is 4.79 Å². The Morgan fingerprint density at radius 1 is 1.09 bits per heavy atom. The number of piperazine rings is 1. The molecule has 4 rings (SSSR count). The Kier molecular flexibility index (Phi) is 8.49. The zero-order valence-electron chi connectivity index (χ0n) is 20.1. The first kappa shape index (κ1) is 25.6. The van der Waals surface area contributed by atoms with Crippen molar-refractivity contribution in [2.75, 3.05) is 31.1 Å². The minimum Gasteiger partial charge on any atom is -0.444 e. The number of carbonyl (C=O) groups excluding carboxylic acids is 1. The van der Waals surface area contributed by atoms with Crippen molar-refractivity contribution in [3.63, 3.8) is 0 Å². The Morgan fingerprint density at radius 2 is 1.79 bits per heavy atom. The second kappa shape index (κ2) is 10.9. The zero-order valence-corrected chi connectivity index (χ0v) is 23.1. The first-order valence-corrected chi connectivity index (χ1v) is 14.5. The Balaban J connectivity index is 0.00000149. The summed E-state index contributed by atoms with van der Waals surface area (Å²) in [5.41, 5.74) is 4.67. The summed E-state index contributed by atoms with van der Waals surface area (Å²) in [6, 6.07) is 6.29. The number of rotatable bonds is 3. The van der Waals surface area contributed by atoms with Gasteiger partial charge in [0.05, 0.1) is 17.6 Å². The Hall–Kier alpha value is -2.01. The van der Waals surface area contributed by atoms with E-state index in [1.807, 2.05) is 53.1 Å². The van der Waals surface area contributed by atoms with Gasteiger partial charge in [0.15, 0.2) is 5.65 Å². The minimum absolute atomic E-state index is 0.242. The number of anilines is 1. The van der Waals surface area contributed by atoms with Crippen LogP contribution in [0.5, 0.6) is 0 Å². The molecule has 0 bridgehead atoms. The average molecular weight is 582 g/mol. The van der Waals surface area contributed by atoms with Gasteiger partial charge < -0.3 is 14.5 Å². The van der Waals surface area contributed by atoms with Gasteiger partial charge in [-0.3, -0.25) is 8.96 Å². The standard InChI is InChI=1S/C22H26IN5O2S.C2H6/c1-15-14-28(31-23)20-18(15)11-16(12-25-20)19-6-5-17(13-24-19)26-7-9-27(10-8-26)21(29)30-22(2,3)4;1-2/h5-6,11-14H,7-10H2,1-4H3;1-2H3. The Morgan fingerprint density at radius 3 is 2.36 bits per heavy atom. The number of pyridine rings is 2. The molecule has 0 unspecified atom stereocenters. The van der Waals surface area contributed by atoms with Gasteiger partial charge in [-0.05, 0) is 51.5 Å².